The van der Waals surface area contributed by atoms with Crippen molar-refractivity contribution >= 4 is 9.84 Å². The zero-order valence-corrected chi connectivity index (χ0v) is 18.0. The second-order valence-corrected chi connectivity index (χ2v) is 9.30. The lowest BCUT2D eigenvalue weighted by Gasteiger charge is -2.34. The molecule has 0 radical (unpaired) electrons. The minimum atomic E-state index is -3.31. The van der Waals surface area contributed by atoms with E-state index in [1.54, 1.807) is 31.4 Å². The fourth-order valence-electron chi connectivity index (χ4n) is 3.45. The summed E-state index contributed by atoms with van der Waals surface area (Å²) in [5, 5.41) is 0. The summed E-state index contributed by atoms with van der Waals surface area (Å²) >= 11 is 0. The molecule has 2 aromatic carbocycles. The molecule has 2 aromatic rings. The van der Waals surface area contributed by atoms with Crippen molar-refractivity contribution in [2.45, 2.75) is 18.4 Å². The van der Waals surface area contributed by atoms with Crippen molar-refractivity contribution in [3.05, 3.63) is 54.1 Å². The third kappa shape index (κ3) is 6.19. The van der Waals surface area contributed by atoms with Gasteiger partial charge in [-0.25, -0.2) is 8.42 Å². The van der Waals surface area contributed by atoms with E-state index in [1.165, 1.54) is 5.56 Å². The number of methoxy groups -OCH3 is 1. The van der Waals surface area contributed by atoms with Gasteiger partial charge in [0, 0.05) is 39.3 Å². The van der Waals surface area contributed by atoms with Gasteiger partial charge in [-0.05, 0) is 42.8 Å². The number of benzene rings is 2. The van der Waals surface area contributed by atoms with Gasteiger partial charge in [0.1, 0.15) is 11.5 Å². The first-order valence-corrected chi connectivity index (χ1v) is 11.7. The molecule has 0 unspecified atom stereocenters. The fraction of sp³-hybridized carbons (Fsp3) is 0.455. The van der Waals surface area contributed by atoms with Gasteiger partial charge in [-0.3, -0.25) is 9.80 Å². The molecule has 1 saturated heterocycles. The number of ether oxygens (including phenoxy) is 2. The second-order valence-electron chi connectivity index (χ2n) is 7.19. The Morgan fingerprint density at radius 3 is 2.28 bits per heavy atom. The highest BCUT2D eigenvalue weighted by Crippen LogP contribution is 2.19. The highest BCUT2D eigenvalue weighted by molar-refractivity contribution is 7.91. The van der Waals surface area contributed by atoms with Gasteiger partial charge in [-0.2, -0.15) is 0 Å². The summed E-state index contributed by atoms with van der Waals surface area (Å²) in [4.78, 5) is 4.96. The molecule has 0 amide bonds. The van der Waals surface area contributed by atoms with Crippen LogP contribution in [0.3, 0.4) is 0 Å². The van der Waals surface area contributed by atoms with E-state index in [-0.39, 0.29) is 5.75 Å². The number of piperazine rings is 1. The van der Waals surface area contributed by atoms with Crippen molar-refractivity contribution in [2.75, 3.05) is 52.2 Å². The normalized spacial score (nSPS) is 15.9. The van der Waals surface area contributed by atoms with Crippen molar-refractivity contribution in [3.8, 4) is 11.5 Å². The molecular weight excluding hydrogens is 388 g/mol. The van der Waals surface area contributed by atoms with E-state index in [2.05, 4.69) is 21.9 Å². The predicted molar refractivity (Wildman–Crippen MR) is 114 cm³/mol. The zero-order chi connectivity index (χ0) is 20.7. The van der Waals surface area contributed by atoms with E-state index in [4.69, 9.17) is 9.47 Å². The molecule has 0 aromatic heterocycles. The molecule has 1 aliphatic heterocycles. The van der Waals surface area contributed by atoms with Crippen molar-refractivity contribution in [1.29, 1.82) is 0 Å². The largest absolute Gasteiger partial charge is 0.497 e. The van der Waals surface area contributed by atoms with E-state index >= 15 is 0 Å². The van der Waals surface area contributed by atoms with Gasteiger partial charge >= 0.3 is 0 Å². The summed E-state index contributed by atoms with van der Waals surface area (Å²) in [6.07, 6.45) is 0. The van der Waals surface area contributed by atoms with Crippen molar-refractivity contribution < 1.29 is 17.9 Å². The van der Waals surface area contributed by atoms with Crippen LogP contribution in [0.15, 0.2) is 53.4 Å². The molecule has 7 heteroatoms. The Bertz CT molecular complexity index is 876. The lowest BCUT2D eigenvalue weighted by atomic mass is 10.2. The Morgan fingerprint density at radius 1 is 0.931 bits per heavy atom. The smallest absolute Gasteiger partial charge is 0.179 e. The summed E-state index contributed by atoms with van der Waals surface area (Å²) in [7, 11) is -1.77. The van der Waals surface area contributed by atoms with Gasteiger partial charge in [0.25, 0.3) is 0 Å². The van der Waals surface area contributed by atoms with Crippen LogP contribution in [0.5, 0.6) is 11.5 Å². The quantitative estimate of drug-likeness (QED) is 0.624. The average molecular weight is 419 g/mol. The molecule has 0 atom stereocenters. The van der Waals surface area contributed by atoms with Crippen molar-refractivity contribution in [2.24, 2.45) is 0 Å². The molecule has 0 aliphatic carbocycles. The molecule has 0 spiro atoms. The maximum Gasteiger partial charge on any atom is 0.179 e. The zero-order valence-electron chi connectivity index (χ0n) is 17.2. The summed E-state index contributed by atoms with van der Waals surface area (Å²) in [5.74, 6) is 1.59. The molecular formula is C22H30N2O4S. The van der Waals surface area contributed by atoms with Gasteiger partial charge in [0.15, 0.2) is 9.84 Å². The molecule has 1 aliphatic rings. The minimum Gasteiger partial charge on any atom is -0.497 e. The number of hydrogen-bond acceptors (Lipinski definition) is 6. The van der Waals surface area contributed by atoms with Crippen LogP contribution >= 0.6 is 0 Å². The van der Waals surface area contributed by atoms with Crippen LogP contribution in [0.25, 0.3) is 0 Å². The Balaban J connectivity index is 1.45. The van der Waals surface area contributed by atoms with Crippen LogP contribution in [-0.2, 0) is 16.4 Å². The van der Waals surface area contributed by atoms with Gasteiger partial charge in [-0.1, -0.05) is 18.2 Å². The minimum absolute atomic E-state index is 0.124. The third-order valence-corrected chi connectivity index (χ3v) is 6.87. The monoisotopic (exact) mass is 418 g/mol. The average Bonchev–Trinajstić information content (AvgIpc) is 2.75. The van der Waals surface area contributed by atoms with Crippen molar-refractivity contribution in [3.63, 3.8) is 0 Å². The van der Waals surface area contributed by atoms with Crippen molar-refractivity contribution in [1.82, 2.24) is 9.80 Å². The van der Waals surface area contributed by atoms with Gasteiger partial charge in [0.05, 0.1) is 24.4 Å². The number of hydrogen-bond donors (Lipinski definition) is 0. The molecule has 1 heterocycles. The topological polar surface area (TPSA) is 59.1 Å². The van der Waals surface area contributed by atoms with E-state index in [9.17, 15) is 8.42 Å². The van der Waals surface area contributed by atoms with E-state index in [1.807, 2.05) is 19.1 Å². The summed E-state index contributed by atoms with van der Waals surface area (Å²) in [5.41, 5.74) is 1.27. The van der Waals surface area contributed by atoms with Crippen LogP contribution in [0.1, 0.15) is 12.5 Å². The highest BCUT2D eigenvalue weighted by atomic mass is 32.2. The van der Waals surface area contributed by atoms with Gasteiger partial charge in [-0.15, -0.1) is 0 Å². The first-order valence-electron chi connectivity index (χ1n) is 10.0. The third-order valence-electron chi connectivity index (χ3n) is 5.18. The maximum absolute atomic E-state index is 12.6. The highest BCUT2D eigenvalue weighted by Gasteiger charge is 2.21. The first kappa shape index (κ1) is 21.6. The lowest BCUT2D eigenvalue weighted by molar-refractivity contribution is 0.132. The Labute approximate surface area is 174 Å². The Morgan fingerprint density at radius 2 is 1.62 bits per heavy atom. The Hall–Kier alpha value is -2.09. The molecule has 29 heavy (non-hydrogen) atoms. The fourth-order valence-corrected chi connectivity index (χ4v) is 4.76. The van der Waals surface area contributed by atoms with Crippen LogP contribution in [-0.4, -0.2) is 70.4 Å². The maximum atomic E-state index is 12.6. The van der Waals surface area contributed by atoms with E-state index < -0.39 is 9.84 Å². The van der Waals surface area contributed by atoms with Crippen LogP contribution in [0.4, 0.5) is 0 Å². The number of sulfone groups is 1. The molecule has 0 bridgehead atoms. The standard InChI is InChI=1S/C22H30N2O4S/c1-3-28-20-9-7-19(8-10-20)18-24-13-11-23(12-14-24)15-16-29(25,26)22-6-4-5-21(17-22)27-2/h4-10,17H,3,11-16,18H2,1-2H3. The lowest BCUT2D eigenvalue weighted by Crippen LogP contribution is -2.47. The molecule has 158 valence electrons. The predicted octanol–water partition coefficient (Wildman–Crippen LogP) is 2.69. The first-order chi connectivity index (χ1) is 14.0. The number of nitrogens with zero attached hydrogens (tertiary/aromatic N) is 2. The molecule has 0 saturated carbocycles. The number of rotatable bonds is 9. The molecule has 1 fully saturated rings. The van der Waals surface area contributed by atoms with Gasteiger partial charge < -0.3 is 9.47 Å². The van der Waals surface area contributed by atoms with E-state index in [0.29, 0.717) is 23.8 Å². The summed E-state index contributed by atoms with van der Waals surface area (Å²) in [6, 6.07) is 14.9. The van der Waals surface area contributed by atoms with E-state index in [0.717, 1.165) is 38.5 Å². The van der Waals surface area contributed by atoms with Gasteiger partial charge in [0.2, 0.25) is 0 Å². The van der Waals surface area contributed by atoms with Crippen LogP contribution in [0, 0.1) is 0 Å². The summed E-state index contributed by atoms with van der Waals surface area (Å²) < 4.78 is 35.9. The van der Waals surface area contributed by atoms with Crippen LogP contribution < -0.4 is 9.47 Å². The summed E-state index contributed by atoms with van der Waals surface area (Å²) in [6.45, 7) is 7.75. The second kappa shape index (κ2) is 10.1. The SMILES string of the molecule is CCOc1ccc(CN2CCN(CCS(=O)(=O)c3cccc(OC)c3)CC2)cc1. The van der Waals surface area contributed by atoms with Crippen LogP contribution in [0.2, 0.25) is 0 Å². The molecule has 0 N–H and O–H groups in total. The molecule has 3 rings (SSSR count). The molecule has 6 nitrogen and oxygen atoms in total. The Kier molecular flexibility index (Phi) is 7.52.